The van der Waals surface area contributed by atoms with Gasteiger partial charge in [-0.15, -0.1) is 0 Å². The number of ether oxygens (including phenoxy) is 2. The number of methoxy groups -OCH3 is 1. The number of amides is 2. The second-order valence-electron chi connectivity index (χ2n) is 11.6. The number of phenolic OH excluding ortho intramolecular Hbond substituents is 1. The van der Waals surface area contributed by atoms with Gasteiger partial charge >= 0.3 is 0 Å². The molecule has 4 atom stereocenters. The maximum atomic E-state index is 14.2. The minimum atomic E-state index is -0.677. The van der Waals surface area contributed by atoms with E-state index in [9.17, 15) is 24.3 Å². The third kappa shape index (κ3) is 4.57. The smallest absolute Gasteiger partial charge is 0.238 e. The van der Waals surface area contributed by atoms with Gasteiger partial charge in [-0.05, 0) is 99.2 Å². The molecule has 0 spiro atoms. The van der Waals surface area contributed by atoms with Crippen LogP contribution in [0.2, 0.25) is 0 Å². The molecule has 2 heterocycles. The van der Waals surface area contributed by atoms with E-state index in [-0.39, 0.29) is 45.8 Å². The van der Waals surface area contributed by atoms with E-state index in [1.54, 1.807) is 12.1 Å². The number of ketones is 2. The minimum Gasteiger partial charge on any atom is -0.504 e. The molecule has 2 aliphatic heterocycles. The zero-order valence-electron chi connectivity index (χ0n) is 23.7. The van der Waals surface area contributed by atoms with Crippen LogP contribution >= 0.6 is 38.5 Å². The Hall–Kier alpha value is -3.29. The van der Waals surface area contributed by atoms with E-state index in [0.717, 1.165) is 24.4 Å². The van der Waals surface area contributed by atoms with Crippen molar-refractivity contribution in [1.82, 2.24) is 0 Å². The number of morpholine rings is 1. The van der Waals surface area contributed by atoms with Gasteiger partial charge in [-0.1, -0.05) is 11.6 Å². The number of Topliss-reactive ketones (excluding diaryl/α,β-unsaturated/α-hetero) is 1. The zero-order valence-corrected chi connectivity index (χ0v) is 27.5. The number of carbonyl (C=O) groups is 4. The van der Waals surface area contributed by atoms with Crippen molar-refractivity contribution in [3.63, 3.8) is 0 Å². The summed E-state index contributed by atoms with van der Waals surface area (Å²) in [5.41, 5.74) is 3.76. The molecule has 2 aromatic rings. The number of nitrogens with zero attached hydrogens (tertiary/aromatic N) is 2. The number of phenols is 1. The summed E-state index contributed by atoms with van der Waals surface area (Å²) in [5, 5.41) is 10.5. The quantitative estimate of drug-likeness (QED) is 0.204. The number of halogens is 2. The Morgan fingerprint density at radius 3 is 2.41 bits per heavy atom. The molecule has 0 bridgehead atoms. The molecule has 226 valence electrons. The van der Waals surface area contributed by atoms with Crippen LogP contribution < -0.4 is 14.5 Å². The number of fused-ring (bicyclic) bond motifs is 3. The number of imide groups is 1. The van der Waals surface area contributed by atoms with Crippen molar-refractivity contribution in [2.45, 2.75) is 18.8 Å². The standard InChI is InChI=1S/C33H28BrIN2O7/c1-43-26-13-16(12-24(35)31(26)40)27-19-6-7-20-28(21(19)14-22-29(27)25(38)15-23(34)30(22)39)33(42)37(32(20)41)18-4-2-17(3-5-18)36-8-10-44-11-9-36/h2-6,12-13,15,20-21,27-28,40H,7-11,14H2,1H3/t20-,21+,27-,28-/m0/s1. The third-order valence-electron chi connectivity index (χ3n) is 9.42. The van der Waals surface area contributed by atoms with Crippen molar-refractivity contribution in [3.05, 3.63) is 78.9 Å². The molecule has 0 saturated carbocycles. The lowest BCUT2D eigenvalue weighted by molar-refractivity contribution is -0.123. The molecule has 5 aliphatic rings. The van der Waals surface area contributed by atoms with E-state index >= 15 is 0 Å². The highest BCUT2D eigenvalue weighted by Gasteiger charge is 2.56. The molecule has 2 aromatic carbocycles. The molecule has 0 aromatic heterocycles. The van der Waals surface area contributed by atoms with Crippen LogP contribution in [0.3, 0.4) is 0 Å². The molecule has 9 nitrogen and oxygen atoms in total. The fourth-order valence-electron chi connectivity index (χ4n) is 7.39. The molecular weight excluding hydrogens is 743 g/mol. The Kier molecular flexibility index (Phi) is 7.53. The van der Waals surface area contributed by atoms with Crippen LogP contribution in [-0.2, 0) is 23.9 Å². The molecule has 44 heavy (non-hydrogen) atoms. The van der Waals surface area contributed by atoms with E-state index < -0.39 is 23.7 Å². The Morgan fingerprint density at radius 2 is 1.70 bits per heavy atom. The second kappa shape index (κ2) is 11.3. The highest BCUT2D eigenvalue weighted by atomic mass is 127. The number of allylic oxidation sites excluding steroid dienone is 6. The van der Waals surface area contributed by atoms with Gasteiger partial charge in [-0.2, -0.15) is 0 Å². The zero-order chi connectivity index (χ0) is 30.9. The second-order valence-corrected chi connectivity index (χ2v) is 13.6. The molecule has 1 N–H and O–H groups in total. The van der Waals surface area contributed by atoms with Crippen molar-refractivity contribution in [1.29, 1.82) is 0 Å². The van der Waals surface area contributed by atoms with Crippen LogP contribution in [0.5, 0.6) is 11.5 Å². The van der Waals surface area contributed by atoms with Crippen molar-refractivity contribution in [2.75, 3.05) is 43.2 Å². The van der Waals surface area contributed by atoms with Crippen molar-refractivity contribution in [3.8, 4) is 11.5 Å². The summed E-state index contributed by atoms with van der Waals surface area (Å²) in [6.07, 6.45) is 3.81. The molecule has 0 radical (unpaired) electrons. The summed E-state index contributed by atoms with van der Waals surface area (Å²) in [4.78, 5) is 58.6. The Bertz CT molecular complexity index is 1720. The summed E-state index contributed by atoms with van der Waals surface area (Å²) < 4.78 is 11.6. The minimum absolute atomic E-state index is 0.0170. The van der Waals surface area contributed by atoms with Gasteiger partial charge in [0, 0.05) is 41.9 Å². The molecule has 0 unspecified atom stereocenters. The van der Waals surface area contributed by atoms with E-state index in [0.29, 0.717) is 45.6 Å². The van der Waals surface area contributed by atoms with Crippen LogP contribution in [0, 0.1) is 21.3 Å². The SMILES string of the molecule is COc1cc([C@H]2C3=CC[C@@H]4C(=O)N(c5ccc(N6CCOCC6)cc5)C(=O)[C@@H]4[C@@H]3CC3=C2C(=O)C=C(Br)C3=O)cc(I)c1O. The fraction of sp³-hybridized carbons (Fsp3) is 0.333. The van der Waals surface area contributed by atoms with Gasteiger partial charge in [-0.25, -0.2) is 0 Å². The van der Waals surface area contributed by atoms with Crippen LogP contribution in [0.15, 0.2) is 69.8 Å². The van der Waals surface area contributed by atoms with Gasteiger partial charge in [0.25, 0.3) is 0 Å². The summed E-state index contributed by atoms with van der Waals surface area (Å²) in [6, 6.07) is 10.9. The third-order valence-corrected chi connectivity index (χ3v) is 10.8. The largest absolute Gasteiger partial charge is 0.504 e. The lowest BCUT2D eigenvalue weighted by atomic mass is 9.59. The van der Waals surface area contributed by atoms with Gasteiger partial charge in [0.2, 0.25) is 11.8 Å². The Morgan fingerprint density at radius 1 is 1.00 bits per heavy atom. The van der Waals surface area contributed by atoms with Gasteiger partial charge in [-0.3, -0.25) is 24.1 Å². The highest BCUT2D eigenvalue weighted by molar-refractivity contribution is 14.1. The fourth-order valence-corrected chi connectivity index (χ4v) is 8.46. The molecule has 3 aliphatic carbocycles. The number of rotatable bonds is 4. The summed E-state index contributed by atoms with van der Waals surface area (Å²) in [5.74, 6) is -3.23. The highest BCUT2D eigenvalue weighted by Crippen LogP contribution is 2.56. The van der Waals surface area contributed by atoms with Gasteiger partial charge in [0.15, 0.2) is 23.1 Å². The maximum absolute atomic E-state index is 14.2. The molecule has 11 heteroatoms. The van der Waals surface area contributed by atoms with E-state index in [2.05, 4.69) is 20.8 Å². The van der Waals surface area contributed by atoms with Crippen molar-refractivity contribution >= 4 is 73.3 Å². The van der Waals surface area contributed by atoms with Crippen molar-refractivity contribution in [2.24, 2.45) is 17.8 Å². The van der Waals surface area contributed by atoms with E-state index in [1.165, 1.54) is 18.1 Å². The topological polar surface area (TPSA) is 113 Å². The average Bonchev–Trinajstić information content (AvgIpc) is 3.30. The van der Waals surface area contributed by atoms with Crippen LogP contribution in [-0.4, -0.2) is 61.9 Å². The number of anilines is 2. The lowest BCUT2D eigenvalue weighted by Crippen LogP contribution is -2.39. The lowest BCUT2D eigenvalue weighted by Gasteiger charge is -2.42. The molecule has 7 rings (SSSR count). The van der Waals surface area contributed by atoms with Gasteiger partial charge in [0.1, 0.15) is 0 Å². The number of hydrogen-bond acceptors (Lipinski definition) is 8. The summed E-state index contributed by atoms with van der Waals surface area (Å²) in [6.45, 7) is 2.86. The normalized spacial score (nSPS) is 26.7. The number of carbonyl (C=O) groups excluding carboxylic acids is 4. The van der Waals surface area contributed by atoms with Gasteiger partial charge in [0.05, 0.1) is 45.9 Å². The predicted octanol–water partition coefficient (Wildman–Crippen LogP) is 4.81. The first-order valence-electron chi connectivity index (χ1n) is 14.5. The number of hydrogen-bond donors (Lipinski definition) is 1. The predicted molar refractivity (Wildman–Crippen MR) is 174 cm³/mol. The Labute approximate surface area is 275 Å². The van der Waals surface area contributed by atoms with Crippen LogP contribution in [0.4, 0.5) is 11.4 Å². The molecule has 2 fully saturated rings. The molecule has 2 amide bonds. The first-order valence-corrected chi connectivity index (χ1v) is 16.3. The molecular formula is C33H28BrIN2O7. The van der Waals surface area contributed by atoms with E-state index in [1.807, 2.05) is 52.9 Å². The summed E-state index contributed by atoms with van der Waals surface area (Å²) >= 11 is 5.27. The van der Waals surface area contributed by atoms with E-state index in [4.69, 9.17) is 9.47 Å². The monoisotopic (exact) mass is 770 g/mol. The average molecular weight is 771 g/mol. The number of benzene rings is 2. The first kappa shape index (κ1) is 29.4. The van der Waals surface area contributed by atoms with Crippen LogP contribution in [0.25, 0.3) is 0 Å². The van der Waals surface area contributed by atoms with Gasteiger partial charge < -0.3 is 19.5 Å². The van der Waals surface area contributed by atoms with Crippen LogP contribution in [0.1, 0.15) is 24.3 Å². The first-order chi connectivity index (χ1) is 21.2. The Balaban J connectivity index is 1.28. The molecule has 2 saturated heterocycles. The number of aromatic hydroxyl groups is 1. The maximum Gasteiger partial charge on any atom is 0.238 e. The summed E-state index contributed by atoms with van der Waals surface area (Å²) in [7, 11) is 1.45. The van der Waals surface area contributed by atoms with Crippen molar-refractivity contribution < 1.29 is 33.8 Å².